The number of hydrogen-bond donors (Lipinski definition) is 0. The Hall–Kier alpha value is -1.72. The van der Waals surface area contributed by atoms with Gasteiger partial charge in [0.1, 0.15) is 11.6 Å². The van der Waals surface area contributed by atoms with E-state index in [1.54, 1.807) is 17.3 Å². The van der Waals surface area contributed by atoms with E-state index in [1.807, 2.05) is 37.5 Å². The maximum absolute atomic E-state index is 13.9. The third kappa shape index (κ3) is 8.41. The van der Waals surface area contributed by atoms with E-state index in [9.17, 15) is 9.59 Å². The van der Waals surface area contributed by atoms with Crippen molar-refractivity contribution >= 4 is 42.2 Å². The largest absolute Gasteiger partial charge is 0.444 e. The Morgan fingerprint density at radius 1 is 1.11 bits per heavy atom. The van der Waals surface area contributed by atoms with Crippen molar-refractivity contribution in [3.63, 3.8) is 0 Å². The van der Waals surface area contributed by atoms with E-state index in [1.165, 1.54) is 0 Å². The number of halogens is 1. The number of anilines is 1. The topological polar surface area (TPSA) is 88.1 Å². The van der Waals surface area contributed by atoms with Gasteiger partial charge < -0.3 is 19.0 Å². The van der Waals surface area contributed by atoms with Crippen LogP contribution in [0.1, 0.15) is 54.9 Å². The number of piperazine rings is 1. The molecule has 0 aliphatic carbocycles. The number of nitrogens with zero attached hydrogens (tertiary/aromatic N) is 5. The van der Waals surface area contributed by atoms with E-state index in [0.29, 0.717) is 45.3 Å². The van der Waals surface area contributed by atoms with Gasteiger partial charge >= 0.3 is 6.09 Å². The molecule has 0 saturated carbocycles. The Labute approximate surface area is 226 Å². The fourth-order valence-electron chi connectivity index (χ4n) is 3.62. The highest BCUT2D eigenvalue weighted by Gasteiger charge is 2.41. The van der Waals surface area contributed by atoms with Crippen LogP contribution in [0.15, 0.2) is 16.9 Å². The Balaban J connectivity index is 2.25. The van der Waals surface area contributed by atoms with Crippen molar-refractivity contribution in [1.29, 1.82) is 0 Å². The number of ether oxygens (including phenoxy) is 1. The molecule has 1 fully saturated rings. The first kappa shape index (κ1) is 30.5. The molecular formula is C25H44BrN5O4Si. The first-order valence-electron chi connectivity index (χ1n) is 12.7. The van der Waals surface area contributed by atoms with Crippen LogP contribution in [0.3, 0.4) is 0 Å². The molecule has 36 heavy (non-hydrogen) atoms. The molecule has 9 nitrogen and oxygen atoms in total. The van der Waals surface area contributed by atoms with Gasteiger partial charge in [-0.15, -0.1) is 0 Å². The second-order valence-electron chi connectivity index (χ2n) is 11.8. The summed E-state index contributed by atoms with van der Waals surface area (Å²) in [6.07, 6.45) is 3.69. The molecule has 2 rings (SSSR count). The van der Waals surface area contributed by atoms with Crippen LogP contribution in [0.5, 0.6) is 0 Å². The molecule has 0 N–H and O–H groups in total. The van der Waals surface area contributed by atoms with Gasteiger partial charge in [0.15, 0.2) is 8.32 Å². The van der Waals surface area contributed by atoms with Crippen molar-refractivity contribution in [2.24, 2.45) is 0 Å². The second-order valence-corrected chi connectivity index (χ2v) is 17.5. The third-order valence-electron chi connectivity index (χ3n) is 6.62. The van der Waals surface area contributed by atoms with Gasteiger partial charge in [0, 0.05) is 38.6 Å². The number of rotatable bonds is 8. The van der Waals surface area contributed by atoms with Crippen LogP contribution in [0.4, 0.5) is 10.7 Å². The summed E-state index contributed by atoms with van der Waals surface area (Å²) in [6.45, 7) is 21.2. The van der Waals surface area contributed by atoms with Crippen molar-refractivity contribution in [2.45, 2.75) is 84.7 Å². The summed E-state index contributed by atoms with van der Waals surface area (Å²) >= 11 is 3.36. The molecule has 1 aliphatic rings. The van der Waals surface area contributed by atoms with Gasteiger partial charge in [0.25, 0.3) is 0 Å². The minimum atomic E-state index is -1.94. The first-order valence-corrected chi connectivity index (χ1v) is 16.4. The molecular weight excluding hydrogens is 542 g/mol. The van der Waals surface area contributed by atoms with Crippen LogP contribution in [0.25, 0.3) is 0 Å². The lowest BCUT2D eigenvalue weighted by atomic mass is 10.1. The van der Waals surface area contributed by atoms with Crippen molar-refractivity contribution in [3.05, 3.63) is 16.9 Å². The van der Waals surface area contributed by atoms with Gasteiger partial charge in [-0.1, -0.05) is 27.7 Å². The number of carbonyl (C=O) groups is 2. The molecule has 0 aromatic carbocycles. The van der Waals surface area contributed by atoms with Crippen LogP contribution in [-0.2, 0) is 14.0 Å². The number of amides is 2. The van der Waals surface area contributed by atoms with Gasteiger partial charge in [0.2, 0.25) is 11.9 Å². The zero-order valence-electron chi connectivity index (χ0n) is 23.4. The van der Waals surface area contributed by atoms with Crippen LogP contribution in [-0.4, -0.2) is 91.1 Å². The van der Waals surface area contributed by atoms with Gasteiger partial charge in [-0.2, -0.15) is 0 Å². The molecule has 0 bridgehead atoms. The van der Waals surface area contributed by atoms with Crippen molar-refractivity contribution in [1.82, 2.24) is 19.8 Å². The minimum Gasteiger partial charge on any atom is -0.444 e. The highest BCUT2D eigenvalue weighted by Crippen LogP contribution is 2.36. The Morgan fingerprint density at radius 2 is 1.72 bits per heavy atom. The van der Waals surface area contributed by atoms with Gasteiger partial charge in [-0.3, -0.25) is 9.69 Å². The summed E-state index contributed by atoms with van der Waals surface area (Å²) in [5, 5.41) is 0.0919. The van der Waals surface area contributed by atoms with Crippen LogP contribution < -0.4 is 4.90 Å². The average Bonchev–Trinajstić information content (AvgIpc) is 2.76. The monoisotopic (exact) mass is 585 g/mol. The molecule has 1 atom stereocenters. The van der Waals surface area contributed by atoms with Crippen LogP contribution in [0, 0.1) is 0 Å². The summed E-state index contributed by atoms with van der Waals surface area (Å²) < 4.78 is 12.8. The number of carbonyl (C=O) groups excluding carboxylic acids is 2. The molecule has 1 aliphatic heterocycles. The predicted octanol–water partition coefficient (Wildman–Crippen LogP) is 4.93. The van der Waals surface area contributed by atoms with E-state index in [2.05, 4.69) is 59.8 Å². The first-order chi connectivity index (χ1) is 16.6. The zero-order chi connectivity index (χ0) is 27.3. The Morgan fingerprint density at radius 3 is 2.25 bits per heavy atom. The third-order valence-corrected chi connectivity index (χ3v) is 11.6. The molecule has 2 amide bonds. The standard InChI is InChI=1S/C25H44BrN5O4Si/c1-10-11-29(14-15-34-36(8,9)25(5,6)7)21(32)20-18-30(22-27-16-19(26)17-28-22)12-13-31(20)23(33)35-24(2,3)4/h16-17,20H,10-15,18H2,1-9H3/t20-/m1/s1. The molecule has 0 radical (unpaired) electrons. The minimum absolute atomic E-state index is 0.0919. The zero-order valence-corrected chi connectivity index (χ0v) is 26.0. The van der Waals surface area contributed by atoms with E-state index >= 15 is 0 Å². The highest BCUT2D eigenvalue weighted by molar-refractivity contribution is 9.10. The fraction of sp³-hybridized carbons (Fsp3) is 0.760. The second kappa shape index (κ2) is 12.2. The smallest absolute Gasteiger partial charge is 0.411 e. The molecule has 1 aromatic rings. The lowest BCUT2D eigenvalue weighted by Gasteiger charge is -2.42. The maximum Gasteiger partial charge on any atom is 0.411 e. The van der Waals surface area contributed by atoms with Gasteiger partial charge in [0.05, 0.1) is 17.6 Å². The van der Waals surface area contributed by atoms with Gasteiger partial charge in [-0.25, -0.2) is 14.8 Å². The molecule has 11 heteroatoms. The molecule has 1 aromatic heterocycles. The molecule has 0 unspecified atom stereocenters. The summed E-state index contributed by atoms with van der Waals surface area (Å²) in [4.78, 5) is 41.1. The molecule has 0 spiro atoms. The van der Waals surface area contributed by atoms with Crippen molar-refractivity contribution < 1.29 is 18.8 Å². The number of hydrogen-bond acceptors (Lipinski definition) is 7. The fourth-order valence-corrected chi connectivity index (χ4v) is 4.86. The van der Waals surface area contributed by atoms with Crippen LogP contribution >= 0.6 is 15.9 Å². The SMILES string of the molecule is CCCN(CCO[Si](C)(C)C(C)(C)C)C(=O)[C@H]1CN(c2ncc(Br)cn2)CCN1C(=O)OC(C)(C)C. The summed E-state index contributed by atoms with van der Waals surface area (Å²) in [5.74, 6) is 0.423. The van der Waals surface area contributed by atoms with Gasteiger partial charge in [-0.05, 0) is 61.3 Å². The van der Waals surface area contributed by atoms with Crippen molar-refractivity contribution in [2.75, 3.05) is 44.2 Å². The Bertz CT molecular complexity index is 886. The maximum atomic E-state index is 13.9. The molecule has 1 saturated heterocycles. The van der Waals surface area contributed by atoms with E-state index < -0.39 is 26.1 Å². The van der Waals surface area contributed by atoms with E-state index in [-0.39, 0.29) is 10.9 Å². The van der Waals surface area contributed by atoms with E-state index in [0.717, 1.165) is 10.9 Å². The predicted molar refractivity (Wildman–Crippen MR) is 149 cm³/mol. The van der Waals surface area contributed by atoms with E-state index in [4.69, 9.17) is 9.16 Å². The lowest BCUT2D eigenvalue weighted by Crippen LogP contribution is -2.62. The quantitative estimate of drug-likeness (QED) is 0.400. The highest BCUT2D eigenvalue weighted by atomic mass is 79.9. The average molecular weight is 587 g/mol. The van der Waals surface area contributed by atoms with Crippen LogP contribution in [0.2, 0.25) is 18.1 Å². The summed E-state index contributed by atoms with van der Waals surface area (Å²) in [6, 6.07) is -0.708. The summed E-state index contributed by atoms with van der Waals surface area (Å²) in [5.41, 5.74) is -0.656. The normalized spacial score (nSPS) is 17.2. The molecule has 204 valence electrons. The lowest BCUT2D eigenvalue weighted by molar-refractivity contribution is -0.137. The summed E-state index contributed by atoms with van der Waals surface area (Å²) in [7, 11) is -1.94. The van der Waals surface area contributed by atoms with Crippen molar-refractivity contribution in [3.8, 4) is 0 Å². The Kier molecular flexibility index (Phi) is 10.3. The number of aromatic nitrogens is 2. The molecule has 2 heterocycles.